The summed E-state index contributed by atoms with van der Waals surface area (Å²) in [6.45, 7) is 3.32. The fourth-order valence-corrected chi connectivity index (χ4v) is 4.15. The molecule has 1 saturated carbocycles. The van der Waals surface area contributed by atoms with Crippen LogP contribution in [0.3, 0.4) is 0 Å². The predicted octanol–water partition coefficient (Wildman–Crippen LogP) is 1.12. The van der Waals surface area contributed by atoms with Crippen molar-refractivity contribution in [1.29, 1.82) is 0 Å². The van der Waals surface area contributed by atoms with Gasteiger partial charge in [-0.2, -0.15) is 4.31 Å². The molecule has 0 spiro atoms. The van der Waals surface area contributed by atoms with Crippen molar-refractivity contribution in [3.8, 4) is 0 Å². The number of nitrogens with two attached hydrogens (primary N) is 1. The molecular formula is C14H20FN3O2S. The Hall–Kier alpha value is -1.18. The van der Waals surface area contributed by atoms with E-state index in [0.29, 0.717) is 26.2 Å². The van der Waals surface area contributed by atoms with Gasteiger partial charge in [0.05, 0.1) is 0 Å². The van der Waals surface area contributed by atoms with Gasteiger partial charge in [-0.25, -0.2) is 12.8 Å². The van der Waals surface area contributed by atoms with Crippen molar-refractivity contribution in [2.45, 2.75) is 17.7 Å². The molecule has 0 unspecified atom stereocenters. The molecule has 0 amide bonds. The maximum absolute atomic E-state index is 13.9. The summed E-state index contributed by atoms with van der Waals surface area (Å²) in [4.78, 5) is 2.01. The van der Waals surface area contributed by atoms with E-state index in [-0.39, 0.29) is 10.6 Å². The van der Waals surface area contributed by atoms with Crippen LogP contribution in [-0.2, 0) is 10.0 Å². The van der Waals surface area contributed by atoms with E-state index in [4.69, 9.17) is 5.73 Å². The lowest BCUT2D eigenvalue weighted by Crippen LogP contribution is -2.49. The van der Waals surface area contributed by atoms with Crippen molar-refractivity contribution in [2.75, 3.05) is 38.5 Å². The first kappa shape index (κ1) is 14.7. The minimum Gasteiger partial charge on any atom is -0.399 e. The summed E-state index contributed by atoms with van der Waals surface area (Å²) in [6, 6.07) is 3.71. The zero-order valence-electron chi connectivity index (χ0n) is 11.8. The zero-order valence-corrected chi connectivity index (χ0v) is 12.7. The van der Waals surface area contributed by atoms with Crippen LogP contribution in [0.4, 0.5) is 10.1 Å². The lowest BCUT2D eigenvalue weighted by atomic mass is 10.3. The van der Waals surface area contributed by atoms with Crippen LogP contribution >= 0.6 is 0 Å². The van der Waals surface area contributed by atoms with Gasteiger partial charge in [0.2, 0.25) is 10.0 Å². The van der Waals surface area contributed by atoms with E-state index >= 15 is 0 Å². The largest absolute Gasteiger partial charge is 0.399 e. The molecule has 1 aliphatic carbocycles. The number of sulfonamides is 1. The Labute approximate surface area is 124 Å². The summed E-state index contributed by atoms with van der Waals surface area (Å²) in [5.41, 5.74) is 5.69. The number of hydrogen-bond donors (Lipinski definition) is 1. The molecule has 116 valence electrons. The quantitative estimate of drug-likeness (QED) is 0.846. The van der Waals surface area contributed by atoms with E-state index < -0.39 is 15.8 Å². The third-order valence-corrected chi connectivity index (χ3v) is 6.05. The number of benzene rings is 1. The molecule has 1 aliphatic heterocycles. The third kappa shape index (κ3) is 3.20. The Bertz CT molecular complexity index is 623. The molecule has 1 aromatic rings. The minimum absolute atomic E-state index is 0.223. The van der Waals surface area contributed by atoms with Gasteiger partial charge < -0.3 is 10.6 Å². The fourth-order valence-electron chi connectivity index (χ4n) is 2.68. The van der Waals surface area contributed by atoms with Crippen LogP contribution in [0.25, 0.3) is 0 Å². The number of piperazine rings is 1. The minimum atomic E-state index is -3.77. The molecule has 0 radical (unpaired) electrons. The average Bonchev–Trinajstić information content (AvgIpc) is 3.23. The normalized spacial score (nSPS) is 21.6. The van der Waals surface area contributed by atoms with Gasteiger partial charge in [-0.1, -0.05) is 0 Å². The Morgan fingerprint density at radius 1 is 1.19 bits per heavy atom. The number of nitrogens with zero attached hydrogens (tertiary/aromatic N) is 2. The van der Waals surface area contributed by atoms with Crippen LogP contribution < -0.4 is 5.73 Å². The molecule has 0 atom stereocenters. The maximum Gasteiger partial charge on any atom is 0.246 e. The van der Waals surface area contributed by atoms with Crippen molar-refractivity contribution < 1.29 is 12.8 Å². The molecule has 5 nitrogen and oxygen atoms in total. The van der Waals surface area contributed by atoms with Crippen LogP contribution in [-0.4, -0.2) is 50.3 Å². The standard InChI is InChI=1S/C14H20FN3O2S/c15-13-9-12(16)3-4-14(13)21(19,20)18-7-5-17(6-8-18)10-11-1-2-11/h3-4,9,11H,1-2,5-8,10,16H2. The lowest BCUT2D eigenvalue weighted by Gasteiger charge is -2.34. The van der Waals surface area contributed by atoms with E-state index in [2.05, 4.69) is 4.90 Å². The summed E-state index contributed by atoms with van der Waals surface area (Å²) < 4.78 is 40.2. The molecule has 2 aliphatic rings. The Morgan fingerprint density at radius 3 is 2.43 bits per heavy atom. The molecule has 0 bridgehead atoms. The predicted molar refractivity (Wildman–Crippen MR) is 78.7 cm³/mol. The highest BCUT2D eigenvalue weighted by Crippen LogP contribution is 2.30. The maximum atomic E-state index is 13.9. The van der Waals surface area contributed by atoms with Crippen LogP contribution in [0.1, 0.15) is 12.8 Å². The highest BCUT2D eigenvalue weighted by Gasteiger charge is 2.32. The summed E-state index contributed by atoms with van der Waals surface area (Å²) in [5.74, 6) is 0.0121. The van der Waals surface area contributed by atoms with Gasteiger partial charge >= 0.3 is 0 Å². The second kappa shape index (κ2) is 5.55. The zero-order chi connectivity index (χ0) is 15.0. The second-order valence-electron chi connectivity index (χ2n) is 5.84. The van der Waals surface area contributed by atoms with Gasteiger partial charge in [0.1, 0.15) is 10.7 Å². The summed E-state index contributed by atoms with van der Waals surface area (Å²) in [7, 11) is -3.77. The summed E-state index contributed by atoms with van der Waals surface area (Å²) >= 11 is 0. The second-order valence-corrected chi connectivity index (χ2v) is 7.74. The van der Waals surface area contributed by atoms with E-state index in [1.807, 2.05) is 0 Å². The Balaban J connectivity index is 1.70. The van der Waals surface area contributed by atoms with Crippen molar-refractivity contribution in [3.05, 3.63) is 24.0 Å². The number of rotatable bonds is 4. The molecule has 1 saturated heterocycles. The van der Waals surface area contributed by atoms with Gasteiger partial charge in [0.25, 0.3) is 0 Å². The van der Waals surface area contributed by atoms with Gasteiger partial charge in [0, 0.05) is 38.4 Å². The van der Waals surface area contributed by atoms with E-state index in [1.54, 1.807) is 0 Å². The first-order valence-electron chi connectivity index (χ1n) is 7.24. The molecular weight excluding hydrogens is 293 g/mol. The fraction of sp³-hybridized carbons (Fsp3) is 0.571. The van der Waals surface area contributed by atoms with Gasteiger partial charge in [0.15, 0.2) is 0 Å². The number of nitrogen functional groups attached to an aromatic ring is 1. The van der Waals surface area contributed by atoms with Crippen molar-refractivity contribution in [3.63, 3.8) is 0 Å². The Morgan fingerprint density at radius 2 is 1.86 bits per heavy atom. The highest BCUT2D eigenvalue weighted by atomic mass is 32.2. The average molecular weight is 313 g/mol. The monoisotopic (exact) mass is 313 g/mol. The Kier molecular flexibility index (Phi) is 3.90. The molecule has 2 fully saturated rings. The van der Waals surface area contributed by atoms with Gasteiger partial charge in [-0.05, 0) is 37.0 Å². The topological polar surface area (TPSA) is 66.6 Å². The molecule has 1 heterocycles. The molecule has 0 aromatic heterocycles. The summed E-state index contributed by atoms with van der Waals surface area (Å²) in [6.07, 6.45) is 2.57. The molecule has 1 aromatic carbocycles. The molecule has 21 heavy (non-hydrogen) atoms. The molecule has 3 rings (SSSR count). The van der Waals surface area contributed by atoms with E-state index in [9.17, 15) is 12.8 Å². The van der Waals surface area contributed by atoms with E-state index in [0.717, 1.165) is 18.5 Å². The van der Waals surface area contributed by atoms with Crippen LogP contribution in [0.2, 0.25) is 0 Å². The number of halogens is 1. The van der Waals surface area contributed by atoms with E-state index in [1.165, 1.54) is 29.3 Å². The lowest BCUT2D eigenvalue weighted by molar-refractivity contribution is 0.182. The van der Waals surface area contributed by atoms with Gasteiger partial charge in [-0.3, -0.25) is 0 Å². The van der Waals surface area contributed by atoms with Crippen LogP contribution in [0.15, 0.2) is 23.1 Å². The third-order valence-electron chi connectivity index (χ3n) is 4.12. The smallest absolute Gasteiger partial charge is 0.246 e. The van der Waals surface area contributed by atoms with Crippen molar-refractivity contribution in [2.24, 2.45) is 5.92 Å². The molecule has 7 heteroatoms. The number of anilines is 1. The highest BCUT2D eigenvalue weighted by molar-refractivity contribution is 7.89. The van der Waals surface area contributed by atoms with Crippen molar-refractivity contribution >= 4 is 15.7 Å². The summed E-state index contributed by atoms with van der Waals surface area (Å²) in [5, 5.41) is 0. The van der Waals surface area contributed by atoms with Crippen LogP contribution in [0.5, 0.6) is 0 Å². The SMILES string of the molecule is Nc1ccc(S(=O)(=O)N2CCN(CC3CC3)CC2)c(F)c1. The first-order valence-corrected chi connectivity index (χ1v) is 8.68. The first-order chi connectivity index (χ1) is 9.96. The van der Waals surface area contributed by atoms with Crippen LogP contribution in [0, 0.1) is 11.7 Å². The molecule has 2 N–H and O–H groups in total. The number of hydrogen-bond acceptors (Lipinski definition) is 4. The van der Waals surface area contributed by atoms with Gasteiger partial charge in [-0.15, -0.1) is 0 Å². The van der Waals surface area contributed by atoms with Crippen molar-refractivity contribution in [1.82, 2.24) is 9.21 Å².